The minimum Gasteiger partial charge on any atom is -0.343 e. The number of hydrogen-bond donors (Lipinski definition) is 1. The lowest BCUT2D eigenvalue weighted by atomic mass is 10.3. The second-order valence-corrected chi connectivity index (χ2v) is 5.30. The third-order valence-electron chi connectivity index (χ3n) is 2.58. The highest BCUT2D eigenvalue weighted by atomic mass is 32.1. The van der Waals surface area contributed by atoms with Crippen molar-refractivity contribution in [3.63, 3.8) is 0 Å². The van der Waals surface area contributed by atoms with Crippen LogP contribution in [0.5, 0.6) is 0 Å². The third-order valence-corrected chi connectivity index (χ3v) is 3.68. The zero-order valence-electron chi connectivity index (χ0n) is 10.8. The number of likely N-dealkylation sites (N-methyl/N-ethyl adjacent to an activating group) is 1. The monoisotopic (exact) mass is 263 g/mol. The van der Waals surface area contributed by atoms with Gasteiger partial charge in [-0.05, 0) is 19.9 Å². The predicted molar refractivity (Wildman–Crippen MR) is 74.9 cm³/mol. The van der Waals surface area contributed by atoms with E-state index >= 15 is 0 Å². The van der Waals surface area contributed by atoms with Gasteiger partial charge in [0.2, 0.25) is 5.95 Å². The first-order valence-corrected chi connectivity index (χ1v) is 6.62. The van der Waals surface area contributed by atoms with Crippen LogP contribution in [0.25, 0.3) is 10.6 Å². The molecule has 0 aliphatic carbocycles. The van der Waals surface area contributed by atoms with E-state index in [1.165, 1.54) is 0 Å². The zero-order valence-corrected chi connectivity index (χ0v) is 11.7. The zero-order chi connectivity index (χ0) is 13.1. The van der Waals surface area contributed by atoms with Crippen LogP contribution in [0.4, 0.5) is 5.95 Å². The number of rotatable bonds is 4. The lowest BCUT2D eigenvalue weighted by Crippen LogP contribution is -2.26. The van der Waals surface area contributed by atoms with Gasteiger partial charge in [-0.25, -0.2) is 15.0 Å². The Balaban J connectivity index is 2.35. The van der Waals surface area contributed by atoms with Crippen LogP contribution in [0.15, 0.2) is 12.3 Å². The molecule has 0 radical (unpaired) electrons. The first-order valence-electron chi connectivity index (χ1n) is 5.80. The predicted octanol–water partition coefficient (Wildman–Crippen LogP) is 1.61. The Bertz CT molecular complexity index is 537. The molecule has 0 aliphatic rings. The molecule has 0 bridgehead atoms. The Morgan fingerprint density at radius 1 is 1.33 bits per heavy atom. The van der Waals surface area contributed by atoms with E-state index in [-0.39, 0.29) is 0 Å². The summed E-state index contributed by atoms with van der Waals surface area (Å²) in [7, 11) is 1.94. The molecule has 0 aromatic carbocycles. The van der Waals surface area contributed by atoms with Gasteiger partial charge in [-0.2, -0.15) is 0 Å². The molecule has 2 aromatic rings. The van der Waals surface area contributed by atoms with Crippen molar-refractivity contribution < 1.29 is 0 Å². The van der Waals surface area contributed by atoms with Crippen LogP contribution in [-0.2, 0) is 0 Å². The number of anilines is 1. The molecule has 0 saturated heterocycles. The fraction of sp³-hybridized carbons (Fsp3) is 0.417. The summed E-state index contributed by atoms with van der Waals surface area (Å²) >= 11 is 1.66. The smallest absolute Gasteiger partial charge is 0.225 e. The van der Waals surface area contributed by atoms with Crippen LogP contribution >= 0.6 is 11.3 Å². The molecule has 2 heterocycles. The van der Waals surface area contributed by atoms with Gasteiger partial charge >= 0.3 is 0 Å². The highest BCUT2D eigenvalue weighted by Gasteiger charge is 2.11. The molecule has 5 nitrogen and oxygen atoms in total. The van der Waals surface area contributed by atoms with E-state index in [9.17, 15) is 0 Å². The largest absolute Gasteiger partial charge is 0.343 e. The molecule has 18 heavy (non-hydrogen) atoms. The molecule has 0 atom stereocenters. The van der Waals surface area contributed by atoms with E-state index in [2.05, 4.69) is 15.0 Å². The average Bonchev–Trinajstić information content (AvgIpc) is 2.69. The van der Waals surface area contributed by atoms with E-state index in [1.54, 1.807) is 17.5 Å². The lowest BCUT2D eigenvalue weighted by molar-refractivity contribution is 0.847. The third kappa shape index (κ3) is 2.65. The number of aromatic nitrogens is 3. The number of thiazole rings is 1. The Labute approximate surface area is 111 Å². The van der Waals surface area contributed by atoms with Gasteiger partial charge in [0.05, 0.1) is 21.3 Å². The molecule has 2 aromatic heterocycles. The molecule has 2 rings (SSSR count). The van der Waals surface area contributed by atoms with Crippen molar-refractivity contribution in [3.8, 4) is 10.6 Å². The summed E-state index contributed by atoms with van der Waals surface area (Å²) in [5.41, 5.74) is 7.48. The minimum atomic E-state index is 0.586. The fourth-order valence-corrected chi connectivity index (χ4v) is 2.61. The number of nitrogens with two attached hydrogens (primary N) is 1. The van der Waals surface area contributed by atoms with Crippen LogP contribution in [0.1, 0.15) is 10.7 Å². The maximum atomic E-state index is 5.54. The van der Waals surface area contributed by atoms with Gasteiger partial charge in [-0.3, -0.25) is 0 Å². The van der Waals surface area contributed by atoms with Crippen LogP contribution < -0.4 is 10.6 Å². The maximum absolute atomic E-state index is 5.54. The molecule has 6 heteroatoms. The molecule has 0 spiro atoms. The van der Waals surface area contributed by atoms with Gasteiger partial charge < -0.3 is 10.6 Å². The molecular weight excluding hydrogens is 246 g/mol. The molecule has 0 aliphatic heterocycles. The second-order valence-electron chi connectivity index (χ2n) is 4.10. The molecule has 0 unspecified atom stereocenters. The van der Waals surface area contributed by atoms with Gasteiger partial charge in [0.15, 0.2) is 0 Å². The fourth-order valence-electron chi connectivity index (χ4n) is 1.72. The summed E-state index contributed by atoms with van der Waals surface area (Å²) in [6.07, 6.45) is 1.78. The van der Waals surface area contributed by atoms with E-state index in [0.717, 1.165) is 27.8 Å². The molecule has 96 valence electrons. The summed E-state index contributed by atoms with van der Waals surface area (Å²) < 4.78 is 0. The van der Waals surface area contributed by atoms with Crippen molar-refractivity contribution in [1.29, 1.82) is 0 Å². The van der Waals surface area contributed by atoms with Crippen LogP contribution in [-0.4, -0.2) is 35.1 Å². The van der Waals surface area contributed by atoms with E-state index in [0.29, 0.717) is 12.5 Å². The molecule has 2 N–H and O–H groups in total. The average molecular weight is 263 g/mol. The molecular formula is C12H17N5S. The summed E-state index contributed by atoms with van der Waals surface area (Å²) in [4.78, 5) is 16.3. The molecule has 0 saturated carbocycles. The van der Waals surface area contributed by atoms with Crippen molar-refractivity contribution in [2.45, 2.75) is 13.8 Å². The van der Waals surface area contributed by atoms with Crippen molar-refractivity contribution in [2.24, 2.45) is 5.73 Å². The van der Waals surface area contributed by atoms with E-state index < -0.39 is 0 Å². The summed E-state index contributed by atoms with van der Waals surface area (Å²) in [6.45, 7) is 5.33. The number of hydrogen-bond acceptors (Lipinski definition) is 6. The Morgan fingerprint density at radius 3 is 2.72 bits per heavy atom. The van der Waals surface area contributed by atoms with E-state index in [1.807, 2.05) is 31.9 Å². The minimum absolute atomic E-state index is 0.586. The van der Waals surface area contributed by atoms with Crippen molar-refractivity contribution in [2.75, 3.05) is 25.0 Å². The molecule has 0 amide bonds. The Hall–Kier alpha value is -1.53. The summed E-state index contributed by atoms with van der Waals surface area (Å²) in [5.74, 6) is 0.698. The standard InChI is InChI=1S/C12H17N5S/c1-8-11(18-9(2)15-8)10-4-6-14-12(16-10)17(3)7-5-13/h4,6H,5,7,13H2,1-3H3. The van der Waals surface area contributed by atoms with Crippen molar-refractivity contribution >= 4 is 17.3 Å². The van der Waals surface area contributed by atoms with E-state index in [4.69, 9.17) is 5.73 Å². The topological polar surface area (TPSA) is 67.9 Å². The van der Waals surface area contributed by atoms with Gasteiger partial charge in [-0.1, -0.05) is 0 Å². The second kappa shape index (κ2) is 5.41. The van der Waals surface area contributed by atoms with Gasteiger partial charge in [0, 0.05) is 26.3 Å². The first-order chi connectivity index (χ1) is 8.61. The van der Waals surface area contributed by atoms with Crippen molar-refractivity contribution in [3.05, 3.63) is 23.0 Å². The highest BCUT2D eigenvalue weighted by molar-refractivity contribution is 7.15. The summed E-state index contributed by atoms with van der Waals surface area (Å²) in [5, 5.41) is 1.05. The van der Waals surface area contributed by atoms with Crippen LogP contribution in [0, 0.1) is 13.8 Å². The normalized spacial score (nSPS) is 10.7. The highest BCUT2D eigenvalue weighted by Crippen LogP contribution is 2.28. The quantitative estimate of drug-likeness (QED) is 0.907. The lowest BCUT2D eigenvalue weighted by Gasteiger charge is -2.15. The molecule has 0 fully saturated rings. The maximum Gasteiger partial charge on any atom is 0.225 e. The van der Waals surface area contributed by atoms with Gasteiger partial charge in [0.25, 0.3) is 0 Å². The number of nitrogens with zero attached hydrogens (tertiary/aromatic N) is 4. The van der Waals surface area contributed by atoms with Crippen LogP contribution in [0.3, 0.4) is 0 Å². The summed E-state index contributed by atoms with van der Waals surface area (Å²) in [6, 6.07) is 1.92. The first kappa shape index (κ1) is 12.9. The van der Waals surface area contributed by atoms with Crippen molar-refractivity contribution in [1.82, 2.24) is 15.0 Å². The Morgan fingerprint density at radius 2 is 2.11 bits per heavy atom. The number of aryl methyl sites for hydroxylation is 2. The van der Waals surface area contributed by atoms with Gasteiger partial charge in [-0.15, -0.1) is 11.3 Å². The SMILES string of the molecule is Cc1nc(C)c(-c2ccnc(N(C)CCN)n2)s1. The van der Waals surface area contributed by atoms with Gasteiger partial charge in [0.1, 0.15) is 0 Å². The Kier molecular flexibility index (Phi) is 3.88. The van der Waals surface area contributed by atoms with Crippen LogP contribution in [0.2, 0.25) is 0 Å².